The fraction of sp³-hybridized carbons (Fsp3) is 0.609. The van der Waals surface area contributed by atoms with Crippen LogP contribution in [0.25, 0.3) is 0 Å². The molecule has 10 bridgehead atoms. The third-order valence-corrected chi connectivity index (χ3v) is 26.0. The van der Waals surface area contributed by atoms with Gasteiger partial charge in [0, 0.05) is 327 Å². The van der Waals surface area contributed by atoms with Gasteiger partial charge in [-0.05, 0) is 108 Å². The summed E-state index contributed by atoms with van der Waals surface area (Å²) in [7, 11) is 0. The van der Waals surface area contributed by atoms with Gasteiger partial charge < -0.3 is 128 Å². The van der Waals surface area contributed by atoms with Gasteiger partial charge in [0.15, 0.2) is 37.1 Å². The SMILES string of the molecule is C=[C-]C(=C)OC1CCOC1=O.C=[C-]C(=O)OC1C2CC3C(=O)OC1C3C2.C=[C-]C(=O)OC1C2CC3C(=O)OC1C3O2.C=[C-]C(=O)OC1CC2CC1C1(COC(=O)C1)C2.C=[C-]C(=O)OC1CC2CC1C1C(=O)OCC21.C=[C-]C(=O)OC1CC2CCCCC2OC1=O.C=[C-]C(=O)OC1CCCOC1=O.C=[C-]C(=O)OCC(=O)OC1C2CC3C(=O)OC1C3C2.[Y].[Y].[Y].[Y].[Y].[Y].[Y].[Y]. The summed E-state index contributed by atoms with van der Waals surface area (Å²) in [6, 6.07) is 0. The molecule has 678 valence electrons. The van der Waals surface area contributed by atoms with Crippen molar-refractivity contribution in [2.75, 3.05) is 33.0 Å². The molecular formula is C87H94O34Y8-8. The normalized spacial score (nSPS) is 35.4. The van der Waals surface area contributed by atoms with Crippen LogP contribution < -0.4 is 0 Å². The molecule has 129 heavy (non-hydrogen) atoms. The van der Waals surface area contributed by atoms with Crippen molar-refractivity contribution in [2.24, 2.45) is 88.3 Å². The van der Waals surface area contributed by atoms with Crippen molar-refractivity contribution in [2.45, 2.75) is 207 Å². The standard InChI is InChI=1S/C13H13O6.C13H15O4.C12H13O4.C12H15O4.C11H11O4.C10H9O5.C8H9O4.C8H9O3.8Y/c1-2-9(14)17-5-10(15)18-11-6-3-7-8(4-6)13(16)19-12(7)11;1-2-11(14)17-10-4-8-3-9(10)13(5-8)6-12(15)16-7-13;1-2-10(13)16-9-4-6-3-7(9)11-8(6)5-15-12(11)14;1-2-11(13)15-10-7-8-5-3-4-6-9(8)16-12(10)14;1-2-8(12)14-9-5-3-6-7(4-5)11(13)15-10(6)9;1-2-6(11)14-8-5-3-4-7(13-5)9(8)15-10(4)12;1-2-7(9)12-6-4-3-5-11-8(6)10;1-3-6(2)11-7-4-5-10-8(7)9;;;;;;;;/h6-8,11-12H,1,3-5H2;8-10H,1,3-7H2;6-9,11H,1,3-5H2;8-10H,1,3-7H2;5-7,9-10H,1,3-4H2;4-5,7-9H,1,3H2;6H,1,3-5H2;7H,1-2,4-5H2;;;;;;;;/q8*-1;;;;;;;;. The van der Waals surface area contributed by atoms with E-state index in [0.717, 1.165) is 89.9 Å². The van der Waals surface area contributed by atoms with E-state index >= 15 is 0 Å². The first kappa shape index (κ1) is 119. The zero-order chi connectivity index (χ0) is 86.8. The maximum absolute atomic E-state index is 11.6. The largest absolute Gasteiger partial charge is 0.517 e. The zero-order valence-corrected chi connectivity index (χ0v) is 93.7. The molecule has 0 amide bonds. The van der Waals surface area contributed by atoms with E-state index in [2.05, 4.69) is 115 Å². The first-order valence-electron chi connectivity index (χ1n) is 40.4. The zero-order valence-electron chi connectivity index (χ0n) is 71.0. The Labute approximate surface area is 948 Å². The fourth-order valence-corrected chi connectivity index (χ4v) is 20.9. The third kappa shape index (κ3) is 29.0. The molecule has 10 heterocycles. The van der Waals surface area contributed by atoms with Crippen LogP contribution in [0.2, 0.25) is 0 Å². The van der Waals surface area contributed by atoms with Crippen molar-refractivity contribution in [3.05, 3.63) is 114 Å². The van der Waals surface area contributed by atoms with Gasteiger partial charge in [-0.2, -0.15) is 6.58 Å². The number of ether oxygens (including phenoxy) is 18. The van der Waals surface area contributed by atoms with Gasteiger partial charge in [-0.25, -0.2) is 31.8 Å². The van der Waals surface area contributed by atoms with E-state index in [9.17, 15) is 76.7 Å². The maximum atomic E-state index is 11.6. The van der Waals surface area contributed by atoms with Crippen molar-refractivity contribution in [3.63, 3.8) is 0 Å². The molecule has 9 saturated carbocycles. The van der Waals surface area contributed by atoms with E-state index < -0.39 is 103 Å². The molecule has 0 aromatic rings. The minimum atomic E-state index is -0.794. The topological polar surface area (TPSA) is 439 Å². The van der Waals surface area contributed by atoms with Gasteiger partial charge in [-0.15, -0.1) is 0 Å². The molecule has 29 atom stereocenters. The van der Waals surface area contributed by atoms with E-state index in [0.29, 0.717) is 82.2 Å². The van der Waals surface area contributed by atoms with E-state index in [1.54, 1.807) is 0 Å². The summed E-state index contributed by atoms with van der Waals surface area (Å²) in [6.45, 7) is 30.6. The van der Waals surface area contributed by atoms with Gasteiger partial charge in [0.1, 0.15) is 90.6 Å². The first-order valence-corrected chi connectivity index (χ1v) is 40.4. The second-order valence-corrected chi connectivity index (χ2v) is 32.7. The van der Waals surface area contributed by atoms with E-state index in [4.69, 9.17) is 66.3 Å². The van der Waals surface area contributed by atoms with Gasteiger partial charge in [0.2, 0.25) is 0 Å². The number of cyclic esters (lactones) is 4. The van der Waals surface area contributed by atoms with Crippen LogP contribution in [0.15, 0.2) is 65.0 Å². The number of hydrogen-bond acceptors (Lipinski definition) is 34. The molecule has 10 aliphatic heterocycles. The van der Waals surface area contributed by atoms with Crippen LogP contribution in [0.3, 0.4) is 0 Å². The molecule has 0 N–H and O–H groups in total. The Morgan fingerprint density at radius 1 is 0.372 bits per heavy atom. The van der Waals surface area contributed by atoms with Crippen molar-refractivity contribution < 1.29 is 424 Å². The minimum Gasteiger partial charge on any atom is -0.517 e. The van der Waals surface area contributed by atoms with Gasteiger partial charge in [0.05, 0.1) is 62.6 Å². The second-order valence-electron chi connectivity index (χ2n) is 32.7. The van der Waals surface area contributed by atoms with Crippen molar-refractivity contribution >= 4 is 95.5 Å². The summed E-state index contributed by atoms with van der Waals surface area (Å²) in [4.78, 5) is 179. The van der Waals surface area contributed by atoms with Gasteiger partial charge in [0.25, 0.3) is 0 Å². The fourth-order valence-electron chi connectivity index (χ4n) is 20.9. The Morgan fingerprint density at radius 3 is 1.43 bits per heavy atom. The van der Waals surface area contributed by atoms with E-state index in [1.807, 2.05) is 12.2 Å². The third-order valence-electron chi connectivity index (χ3n) is 26.0. The van der Waals surface area contributed by atoms with Gasteiger partial charge >= 0.3 is 53.7 Å². The minimum absolute atomic E-state index is 0. The van der Waals surface area contributed by atoms with Crippen LogP contribution in [0.4, 0.5) is 0 Å². The van der Waals surface area contributed by atoms with Crippen LogP contribution in [0, 0.1) is 137 Å². The summed E-state index contributed by atoms with van der Waals surface area (Å²) in [6.07, 6.45) is 28.3. The quantitative estimate of drug-likeness (QED) is 0.0430. The molecule has 42 heteroatoms. The van der Waals surface area contributed by atoms with Crippen LogP contribution in [-0.4, -0.2) is 214 Å². The number of esters is 16. The number of carbonyl (C=O) groups is 16. The van der Waals surface area contributed by atoms with Crippen LogP contribution in [0.5, 0.6) is 0 Å². The Morgan fingerprint density at radius 2 is 0.884 bits per heavy atom. The molecule has 10 saturated heterocycles. The van der Waals surface area contributed by atoms with Crippen LogP contribution in [0.1, 0.15) is 122 Å². The molecule has 8 radical (unpaired) electrons. The Kier molecular flexibility index (Phi) is 50.7. The summed E-state index contributed by atoms with van der Waals surface area (Å²) >= 11 is 0. The number of allylic oxidation sites excluding steroid dienone is 1. The summed E-state index contributed by atoms with van der Waals surface area (Å²) in [5.74, 6) is -3.79. The van der Waals surface area contributed by atoms with E-state index in [1.165, 1.54) is 0 Å². The summed E-state index contributed by atoms with van der Waals surface area (Å²) in [5.41, 5.74) is -0.0634. The number of fused-ring (bicyclic) bond motifs is 12. The molecule has 29 unspecified atom stereocenters. The summed E-state index contributed by atoms with van der Waals surface area (Å²) < 4.78 is 91.2. The first-order chi connectivity index (χ1) is 58.0. The van der Waals surface area contributed by atoms with Crippen LogP contribution in [-0.2, 0) is 424 Å². The number of hydrogen-bond donors (Lipinski definition) is 0. The van der Waals surface area contributed by atoms with Crippen molar-refractivity contribution in [1.82, 2.24) is 0 Å². The number of rotatable bonds is 19. The van der Waals surface area contributed by atoms with Crippen molar-refractivity contribution in [3.8, 4) is 0 Å². The molecule has 0 aromatic carbocycles. The van der Waals surface area contributed by atoms with Gasteiger partial charge in [-0.3, -0.25) is 104 Å². The predicted molar refractivity (Wildman–Crippen MR) is 396 cm³/mol. The molecule has 19 aliphatic rings. The monoisotopic (exact) mass is 2390 g/mol. The molecule has 1 spiro atoms. The molecular weight excluding hydrogens is 2300 g/mol. The Balaban J connectivity index is 0.000000307. The second kappa shape index (κ2) is 54.9. The maximum Gasteiger partial charge on any atom is 0.347 e. The average Bonchev–Trinajstić information content (AvgIpc) is 1.62. The summed E-state index contributed by atoms with van der Waals surface area (Å²) in [5, 5.41) is 0. The molecule has 19 rings (SSSR count). The Bertz CT molecular complexity index is 4130. The smallest absolute Gasteiger partial charge is 0.347 e. The molecule has 34 nitrogen and oxygen atoms in total. The van der Waals surface area contributed by atoms with Crippen molar-refractivity contribution in [1.29, 1.82) is 0 Å². The Hall–Kier alpha value is -2.23. The van der Waals surface area contributed by atoms with E-state index in [-0.39, 0.29) is 417 Å². The predicted octanol–water partition coefficient (Wildman–Crippen LogP) is 4.47. The molecule has 19 fully saturated rings. The van der Waals surface area contributed by atoms with Crippen LogP contribution >= 0.6 is 0 Å². The molecule has 0 aromatic heterocycles. The van der Waals surface area contributed by atoms with Gasteiger partial charge in [-0.1, -0.05) is 12.2 Å². The molecule has 9 aliphatic carbocycles. The average molecular weight is 2390 g/mol. The number of carbonyl (C=O) groups excluding carboxylic acids is 16.